The summed E-state index contributed by atoms with van der Waals surface area (Å²) in [7, 11) is 1.23. The third kappa shape index (κ3) is 1.70. The fraction of sp³-hybridized carbons (Fsp3) is 0.250. The molecule has 0 aliphatic rings. The quantitative estimate of drug-likeness (QED) is 0.735. The average Bonchev–Trinajstić information content (AvgIpc) is 2.46. The molecule has 0 aromatic carbocycles. The SMILES string of the molecule is COC(=O)c1c(C(=O)O)csc1C. The predicted octanol–water partition coefficient (Wildman–Crippen LogP) is 1.54. The van der Waals surface area contributed by atoms with E-state index >= 15 is 0 Å². The molecule has 0 unspecified atom stereocenters. The lowest BCUT2D eigenvalue weighted by Gasteiger charge is -1.98. The Morgan fingerprint density at radius 3 is 2.62 bits per heavy atom. The van der Waals surface area contributed by atoms with E-state index in [1.54, 1.807) is 6.92 Å². The van der Waals surface area contributed by atoms with E-state index < -0.39 is 11.9 Å². The van der Waals surface area contributed by atoms with Gasteiger partial charge in [0, 0.05) is 10.3 Å². The Kier molecular flexibility index (Phi) is 2.67. The number of aromatic carboxylic acids is 1. The smallest absolute Gasteiger partial charge is 0.339 e. The molecule has 0 radical (unpaired) electrons. The van der Waals surface area contributed by atoms with Crippen LogP contribution in [0.3, 0.4) is 0 Å². The number of methoxy groups -OCH3 is 1. The van der Waals surface area contributed by atoms with Crippen molar-refractivity contribution in [3.8, 4) is 0 Å². The summed E-state index contributed by atoms with van der Waals surface area (Å²) in [6.45, 7) is 1.68. The molecular formula is C8H8O4S. The van der Waals surface area contributed by atoms with Crippen LogP contribution in [0.1, 0.15) is 25.6 Å². The summed E-state index contributed by atoms with van der Waals surface area (Å²) in [5, 5.41) is 10.2. The predicted molar refractivity (Wildman–Crippen MR) is 47.4 cm³/mol. The summed E-state index contributed by atoms with van der Waals surface area (Å²) in [5.41, 5.74) is 0.161. The van der Waals surface area contributed by atoms with Crippen molar-refractivity contribution in [1.29, 1.82) is 0 Å². The first-order chi connectivity index (χ1) is 6.07. The molecule has 0 bridgehead atoms. The van der Waals surface area contributed by atoms with Crippen LogP contribution >= 0.6 is 11.3 Å². The number of esters is 1. The Hall–Kier alpha value is -1.36. The Morgan fingerprint density at radius 2 is 2.15 bits per heavy atom. The van der Waals surface area contributed by atoms with Gasteiger partial charge in [-0.15, -0.1) is 11.3 Å². The summed E-state index contributed by atoms with van der Waals surface area (Å²) in [6, 6.07) is 0. The van der Waals surface area contributed by atoms with Crippen LogP contribution in [0, 0.1) is 6.92 Å². The number of hydrogen-bond donors (Lipinski definition) is 1. The van der Waals surface area contributed by atoms with E-state index in [2.05, 4.69) is 4.74 Å². The summed E-state index contributed by atoms with van der Waals surface area (Å²) in [4.78, 5) is 22.5. The highest BCUT2D eigenvalue weighted by Gasteiger charge is 2.21. The van der Waals surface area contributed by atoms with Crippen molar-refractivity contribution in [3.05, 3.63) is 21.4 Å². The molecule has 1 N–H and O–H groups in total. The number of aryl methyl sites for hydroxylation is 1. The minimum atomic E-state index is -1.11. The number of thiophene rings is 1. The molecular weight excluding hydrogens is 192 g/mol. The van der Waals surface area contributed by atoms with E-state index in [-0.39, 0.29) is 11.1 Å². The number of rotatable bonds is 2. The normalized spacial score (nSPS) is 9.69. The van der Waals surface area contributed by atoms with Crippen molar-refractivity contribution < 1.29 is 19.4 Å². The molecule has 1 aromatic heterocycles. The van der Waals surface area contributed by atoms with Gasteiger partial charge in [-0.1, -0.05) is 0 Å². The minimum absolute atomic E-state index is 0.00866. The second-order valence-electron chi connectivity index (χ2n) is 2.38. The molecule has 0 amide bonds. The molecule has 0 atom stereocenters. The van der Waals surface area contributed by atoms with Gasteiger partial charge in [0.15, 0.2) is 0 Å². The lowest BCUT2D eigenvalue weighted by molar-refractivity contribution is 0.0583. The van der Waals surface area contributed by atoms with Crippen molar-refractivity contribution >= 4 is 23.3 Å². The molecule has 13 heavy (non-hydrogen) atoms. The van der Waals surface area contributed by atoms with Crippen LogP contribution in [0.25, 0.3) is 0 Å². The fourth-order valence-corrected chi connectivity index (χ4v) is 1.79. The monoisotopic (exact) mass is 200 g/mol. The van der Waals surface area contributed by atoms with Gasteiger partial charge >= 0.3 is 11.9 Å². The summed E-state index contributed by atoms with van der Waals surface area (Å²) < 4.78 is 4.47. The van der Waals surface area contributed by atoms with Gasteiger partial charge in [-0.2, -0.15) is 0 Å². The van der Waals surface area contributed by atoms with Crippen LogP contribution in [0.5, 0.6) is 0 Å². The maximum absolute atomic E-state index is 11.1. The Balaban J connectivity index is 3.24. The van der Waals surface area contributed by atoms with Crippen molar-refractivity contribution in [2.75, 3.05) is 7.11 Å². The molecule has 5 heteroatoms. The zero-order valence-electron chi connectivity index (χ0n) is 7.16. The molecule has 1 rings (SSSR count). The third-order valence-electron chi connectivity index (χ3n) is 1.59. The topological polar surface area (TPSA) is 63.6 Å². The van der Waals surface area contributed by atoms with Crippen molar-refractivity contribution in [2.45, 2.75) is 6.92 Å². The van der Waals surface area contributed by atoms with Crippen molar-refractivity contribution in [3.63, 3.8) is 0 Å². The molecule has 1 aromatic rings. The number of carbonyl (C=O) groups excluding carboxylic acids is 1. The lowest BCUT2D eigenvalue weighted by Crippen LogP contribution is -2.08. The van der Waals surface area contributed by atoms with Gasteiger partial charge in [0.05, 0.1) is 18.2 Å². The van der Waals surface area contributed by atoms with Gasteiger partial charge in [-0.25, -0.2) is 9.59 Å². The van der Waals surface area contributed by atoms with E-state index in [9.17, 15) is 9.59 Å². The number of carboxylic acids is 1. The van der Waals surface area contributed by atoms with Crippen LogP contribution in [0.2, 0.25) is 0 Å². The van der Waals surface area contributed by atoms with E-state index in [0.29, 0.717) is 4.88 Å². The van der Waals surface area contributed by atoms with Crippen LogP contribution in [0.15, 0.2) is 5.38 Å². The number of hydrogen-bond acceptors (Lipinski definition) is 4. The van der Waals surface area contributed by atoms with E-state index in [0.717, 1.165) is 0 Å². The highest BCUT2D eigenvalue weighted by Crippen LogP contribution is 2.22. The molecule has 0 spiro atoms. The largest absolute Gasteiger partial charge is 0.478 e. The first-order valence-electron chi connectivity index (χ1n) is 3.47. The molecule has 4 nitrogen and oxygen atoms in total. The maximum Gasteiger partial charge on any atom is 0.339 e. The lowest BCUT2D eigenvalue weighted by atomic mass is 10.1. The minimum Gasteiger partial charge on any atom is -0.478 e. The number of ether oxygens (including phenoxy) is 1. The molecule has 0 fully saturated rings. The highest BCUT2D eigenvalue weighted by atomic mass is 32.1. The van der Waals surface area contributed by atoms with Crippen molar-refractivity contribution in [2.24, 2.45) is 0 Å². The zero-order chi connectivity index (χ0) is 10.0. The van der Waals surface area contributed by atoms with Gasteiger partial charge in [0.2, 0.25) is 0 Å². The van der Waals surface area contributed by atoms with Crippen molar-refractivity contribution in [1.82, 2.24) is 0 Å². The molecule has 70 valence electrons. The maximum atomic E-state index is 11.1. The first kappa shape index (κ1) is 9.73. The van der Waals surface area contributed by atoms with Crippen LogP contribution in [-0.2, 0) is 4.74 Å². The summed E-state index contributed by atoms with van der Waals surface area (Å²) >= 11 is 1.22. The zero-order valence-corrected chi connectivity index (χ0v) is 7.97. The van der Waals surface area contributed by atoms with Gasteiger partial charge in [-0.3, -0.25) is 0 Å². The van der Waals surface area contributed by atoms with Crippen LogP contribution in [-0.4, -0.2) is 24.2 Å². The summed E-state index contributed by atoms with van der Waals surface area (Å²) in [5.74, 6) is -1.71. The second-order valence-corrected chi connectivity index (χ2v) is 3.46. The van der Waals surface area contributed by atoms with E-state index in [1.807, 2.05) is 0 Å². The fourth-order valence-electron chi connectivity index (χ4n) is 0.968. The van der Waals surface area contributed by atoms with E-state index in [4.69, 9.17) is 5.11 Å². The molecule has 0 aliphatic heterocycles. The summed E-state index contributed by atoms with van der Waals surface area (Å²) in [6.07, 6.45) is 0. The Morgan fingerprint density at radius 1 is 1.54 bits per heavy atom. The standard InChI is InChI=1S/C8H8O4S/c1-4-6(8(11)12-2)5(3-13-4)7(9)10/h3H,1-2H3,(H,9,10). The van der Waals surface area contributed by atoms with Gasteiger partial charge < -0.3 is 9.84 Å². The highest BCUT2D eigenvalue weighted by molar-refractivity contribution is 7.10. The average molecular weight is 200 g/mol. The van der Waals surface area contributed by atoms with Gasteiger partial charge in [-0.05, 0) is 6.92 Å². The second kappa shape index (κ2) is 3.57. The molecule has 0 saturated carbocycles. The van der Waals surface area contributed by atoms with Gasteiger partial charge in [0.1, 0.15) is 0 Å². The first-order valence-corrected chi connectivity index (χ1v) is 4.35. The van der Waals surface area contributed by atoms with Crippen LogP contribution in [0.4, 0.5) is 0 Å². The van der Waals surface area contributed by atoms with Crippen LogP contribution < -0.4 is 0 Å². The van der Waals surface area contributed by atoms with E-state index in [1.165, 1.54) is 23.8 Å². The molecule has 1 heterocycles. The Labute approximate surface area is 78.8 Å². The number of carboxylic acid groups (broad SMARTS) is 1. The molecule has 0 aliphatic carbocycles. The van der Waals surface area contributed by atoms with Gasteiger partial charge in [0.25, 0.3) is 0 Å². The Bertz CT molecular complexity index is 353. The number of carbonyl (C=O) groups is 2. The third-order valence-corrected chi connectivity index (χ3v) is 2.51. The molecule has 0 saturated heterocycles.